The van der Waals surface area contributed by atoms with E-state index in [0.717, 1.165) is 27.3 Å². The van der Waals surface area contributed by atoms with Crippen molar-refractivity contribution in [2.75, 3.05) is 26.5 Å². The van der Waals surface area contributed by atoms with Crippen molar-refractivity contribution in [1.29, 1.82) is 0 Å². The normalized spacial score (nSPS) is 15.2. The zero-order valence-corrected chi connectivity index (χ0v) is 19.3. The molecule has 3 aromatic rings. The van der Waals surface area contributed by atoms with Crippen molar-refractivity contribution in [2.24, 2.45) is 0 Å². The van der Waals surface area contributed by atoms with E-state index in [-0.39, 0.29) is 23.4 Å². The van der Waals surface area contributed by atoms with Crippen LogP contribution in [0.2, 0.25) is 0 Å². The van der Waals surface area contributed by atoms with Gasteiger partial charge in [0, 0.05) is 28.5 Å². The molecule has 0 N–H and O–H groups in total. The lowest BCUT2D eigenvalue weighted by atomic mass is 9.91. The molecule has 0 aliphatic carbocycles. The van der Waals surface area contributed by atoms with Crippen molar-refractivity contribution in [3.63, 3.8) is 0 Å². The van der Waals surface area contributed by atoms with E-state index in [2.05, 4.69) is 0 Å². The van der Waals surface area contributed by atoms with Gasteiger partial charge in [-0.25, -0.2) is 0 Å². The number of benzene rings is 2. The maximum absolute atomic E-state index is 13.3. The van der Waals surface area contributed by atoms with Crippen LogP contribution in [0.15, 0.2) is 58.8 Å². The Morgan fingerprint density at radius 3 is 2.53 bits per heavy atom. The molecule has 1 amide bonds. The topological polar surface area (TPSA) is 81.9 Å². The smallest absolute Gasteiger partial charge is 0.269 e. The maximum Gasteiger partial charge on any atom is 0.269 e. The van der Waals surface area contributed by atoms with E-state index in [0.29, 0.717) is 18.0 Å². The fraction of sp³-hybridized carbons (Fsp3) is 0.261. The molecule has 2 aromatic carbocycles. The van der Waals surface area contributed by atoms with Crippen LogP contribution in [0, 0.1) is 10.1 Å². The fourth-order valence-corrected chi connectivity index (χ4v) is 5.50. The average Bonchev–Trinajstić information content (AvgIpc) is 3.35. The molecule has 0 bridgehead atoms. The number of nitrogens with zero attached hydrogens (tertiary/aromatic N) is 2. The minimum absolute atomic E-state index is 0.0205. The largest absolute Gasteiger partial charge is 0.493 e. The van der Waals surface area contributed by atoms with E-state index in [9.17, 15) is 14.9 Å². The van der Waals surface area contributed by atoms with Gasteiger partial charge in [-0.05, 0) is 53.3 Å². The van der Waals surface area contributed by atoms with Crippen molar-refractivity contribution in [2.45, 2.75) is 17.4 Å². The molecule has 1 aliphatic rings. The number of ether oxygens (including phenoxy) is 2. The van der Waals surface area contributed by atoms with Gasteiger partial charge in [-0.2, -0.15) is 0 Å². The average molecular weight is 471 g/mol. The molecular formula is C23H22N2O5S2. The van der Waals surface area contributed by atoms with Crippen LogP contribution in [0.4, 0.5) is 5.69 Å². The molecule has 7 nitrogen and oxygen atoms in total. The van der Waals surface area contributed by atoms with Gasteiger partial charge in [0.25, 0.3) is 5.69 Å². The van der Waals surface area contributed by atoms with Crippen molar-refractivity contribution in [1.82, 2.24) is 4.90 Å². The molecule has 1 aliphatic heterocycles. The third-order valence-electron chi connectivity index (χ3n) is 5.42. The van der Waals surface area contributed by atoms with Crippen molar-refractivity contribution in [3.8, 4) is 11.5 Å². The van der Waals surface area contributed by atoms with Crippen LogP contribution in [0.5, 0.6) is 11.5 Å². The molecule has 1 atom stereocenters. The van der Waals surface area contributed by atoms with Gasteiger partial charge >= 0.3 is 0 Å². The monoisotopic (exact) mass is 470 g/mol. The summed E-state index contributed by atoms with van der Waals surface area (Å²) in [6.07, 6.45) is 0.728. The van der Waals surface area contributed by atoms with E-state index in [1.165, 1.54) is 23.9 Å². The molecule has 0 saturated heterocycles. The van der Waals surface area contributed by atoms with Crippen molar-refractivity contribution < 1.29 is 19.2 Å². The zero-order chi connectivity index (χ0) is 22.7. The Morgan fingerprint density at radius 2 is 1.91 bits per heavy atom. The maximum atomic E-state index is 13.3. The molecule has 4 rings (SSSR count). The number of methoxy groups -OCH3 is 2. The summed E-state index contributed by atoms with van der Waals surface area (Å²) in [7, 11) is 3.23. The summed E-state index contributed by atoms with van der Waals surface area (Å²) in [5.41, 5.74) is 2.23. The van der Waals surface area contributed by atoms with E-state index in [1.807, 2.05) is 34.5 Å². The Bertz CT molecular complexity index is 1120. The second-order valence-electron chi connectivity index (χ2n) is 7.20. The van der Waals surface area contributed by atoms with E-state index >= 15 is 0 Å². The Hall–Kier alpha value is -3.04. The van der Waals surface area contributed by atoms with Crippen molar-refractivity contribution >= 4 is 34.7 Å². The van der Waals surface area contributed by atoms with Gasteiger partial charge in [0.15, 0.2) is 11.5 Å². The van der Waals surface area contributed by atoms with Gasteiger partial charge in [-0.1, -0.05) is 6.07 Å². The van der Waals surface area contributed by atoms with Crippen LogP contribution in [0.1, 0.15) is 22.0 Å². The van der Waals surface area contributed by atoms with Crippen LogP contribution in [-0.4, -0.2) is 42.2 Å². The molecular weight excluding hydrogens is 448 g/mol. The zero-order valence-electron chi connectivity index (χ0n) is 17.6. The Kier molecular flexibility index (Phi) is 6.66. The molecule has 1 unspecified atom stereocenters. The predicted octanol–water partition coefficient (Wildman–Crippen LogP) is 4.94. The van der Waals surface area contributed by atoms with Crippen LogP contribution >= 0.6 is 23.1 Å². The first-order valence-corrected chi connectivity index (χ1v) is 11.8. The van der Waals surface area contributed by atoms with E-state index < -0.39 is 4.92 Å². The molecule has 9 heteroatoms. The Balaban J connectivity index is 1.59. The summed E-state index contributed by atoms with van der Waals surface area (Å²) in [6.45, 7) is 0.602. The summed E-state index contributed by atoms with van der Waals surface area (Å²) >= 11 is 3.00. The lowest BCUT2D eigenvalue weighted by molar-refractivity contribution is -0.384. The van der Waals surface area contributed by atoms with Gasteiger partial charge < -0.3 is 14.4 Å². The molecule has 32 heavy (non-hydrogen) atoms. The lowest BCUT2D eigenvalue weighted by Gasteiger charge is -2.37. The predicted molar refractivity (Wildman–Crippen MR) is 125 cm³/mol. The van der Waals surface area contributed by atoms with Gasteiger partial charge in [0.05, 0.1) is 30.9 Å². The summed E-state index contributed by atoms with van der Waals surface area (Å²) in [5, 5.41) is 12.9. The minimum atomic E-state index is -0.431. The quantitative estimate of drug-likeness (QED) is 0.276. The number of nitro benzene ring substituents is 1. The standard InChI is InChI=1S/C23H22N2O5S2/c1-29-19-12-15-9-10-24(22(26)14-32-17-7-5-16(6-8-17)25(27)28)23(21-4-3-11-31-21)18(15)13-20(19)30-2/h3-8,11-13,23H,9-10,14H2,1-2H3. The van der Waals surface area contributed by atoms with Crippen LogP contribution in [0.3, 0.4) is 0 Å². The number of rotatable bonds is 7. The summed E-state index contributed by atoms with van der Waals surface area (Å²) in [6, 6.07) is 14.1. The molecule has 0 radical (unpaired) electrons. The van der Waals surface area contributed by atoms with Crippen LogP contribution < -0.4 is 9.47 Å². The molecule has 2 heterocycles. The number of fused-ring (bicyclic) bond motifs is 1. The Labute approximate surface area is 194 Å². The molecule has 0 saturated carbocycles. The molecule has 0 spiro atoms. The van der Waals surface area contributed by atoms with Gasteiger partial charge in [0.1, 0.15) is 0 Å². The number of non-ortho nitro benzene ring substituents is 1. The van der Waals surface area contributed by atoms with Crippen molar-refractivity contribution in [3.05, 3.63) is 80.0 Å². The summed E-state index contributed by atoms with van der Waals surface area (Å²) < 4.78 is 11.0. The van der Waals surface area contributed by atoms with Gasteiger partial charge in [0.2, 0.25) is 5.91 Å². The summed E-state index contributed by atoms with van der Waals surface area (Å²) in [5.74, 6) is 1.60. The van der Waals surface area contributed by atoms with Gasteiger partial charge in [-0.15, -0.1) is 23.1 Å². The third-order valence-corrected chi connectivity index (χ3v) is 7.34. The highest BCUT2D eigenvalue weighted by atomic mass is 32.2. The molecule has 166 valence electrons. The molecule has 0 fully saturated rings. The lowest BCUT2D eigenvalue weighted by Crippen LogP contribution is -2.41. The number of amides is 1. The minimum Gasteiger partial charge on any atom is -0.493 e. The number of carbonyl (C=O) groups excluding carboxylic acids is 1. The number of hydrogen-bond donors (Lipinski definition) is 0. The number of hydrogen-bond acceptors (Lipinski definition) is 7. The fourth-order valence-electron chi connectivity index (χ4n) is 3.86. The number of nitro groups is 1. The molecule has 1 aromatic heterocycles. The highest BCUT2D eigenvalue weighted by Crippen LogP contribution is 2.42. The highest BCUT2D eigenvalue weighted by Gasteiger charge is 2.33. The second kappa shape index (κ2) is 9.62. The summed E-state index contributed by atoms with van der Waals surface area (Å²) in [4.78, 5) is 27.5. The van der Waals surface area contributed by atoms with Crippen LogP contribution in [-0.2, 0) is 11.2 Å². The number of thioether (sulfide) groups is 1. The Morgan fingerprint density at radius 1 is 1.19 bits per heavy atom. The third kappa shape index (κ3) is 4.44. The van der Waals surface area contributed by atoms with E-state index in [1.54, 1.807) is 37.7 Å². The number of carbonyl (C=O) groups is 1. The first-order valence-electron chi connectivity index (χ1n) is 9.96. The SMILES string of the molecule is COc1cc2c(cc1OC)C(c1cccs1)N(C(=O)CSc1ccc([N+](=O)[O-])cc1)CC2. The first-order chi connectivity index (χ1) is 15.5. The van der Waals surface area contributed by atoms with Crippen LogP contribution in [0.25, 0.3) is 0 Å². The first kappa shape index (κ1) is 22.2. The van der Waals surface area contributed by atoms with Gasteiger partial charge in [-0.3, -0.25) is 14.9 Å². The second-order valence-corrected chi connectivity index (χ2v) is 9.23. The highest BCUT2D eigenvalue weighted by molar-refractivity contribution is 8.00. The number of thiophene rings is 1. The van der Waals surface area contributed by atoms with E-state index in [4.69, 9.17) is 9.47 Å².